The number of ether oxygens (including phenoxy) is 1. The third-order valence-electron chi connectivity index (χ3n) is 6.36. The molecule has 0 aliphatic carbocycles. The molecule has 35 heavy (non-hydrogen) atoms. The topological polar surface area (TPSA) is 58.6 Å². The maximum atomic E-state index is 13.2. The molecule has 0 saturated carbocycles. The Morgan fingerprint density at radius 3 is 2.20 bits per heavy atom. The van der Waals surface area contributed by atoms with E-state index in [-0.39, 0.29) is 35.3 Å². The van der Waals surface area contributed by atoms with Crippen LogP contribution in [0.1, 0.15) is 76.8 Å². The van der Waals surface area contributed by atoms with Crippen molar-refractivity contribution in [3.8, 4) is 5.75 Å². The van der Waals surface area contributed by atoms with Crippen molar-refractivity contribution in [2.24, 2.45) is 0 Å². The third-order valence-corrected chi connectivity index (χ3v) is 7.52. The van der Waals surface area contributed by atoms with E-state index in [9.17, 15) is 9.59 Å². The summed E-state index contributed by atoms with van der Waals surface area (Å²) in [6, 6.07) is 12.2. The fraction of sp³-hybridized carbons (Fsp3) is 0.393. The largest absolute Gasteiger partial charge is 0.482 e. The Balaban J connectivity index is 1.79. The van der Waals surface area contributed by atoms with Gasteiger partial charge in [-0.3, -0.25) is 14.5 Å². The summed E-state index contributed by atoms with van der Waals surface area (Å²) < 4.78 is 6.20. The molecule has 7 heteroatoms. The van der Waals surface area contributed by atoms with Gasteiger partial charge in [0.05, 0.1) is 16.6 Å². The van der Waals surface area contributed by atoms with Crippen LogP contribution in [0, 0.1) is 0 Å². The van der Waals surface area contributed by atoms with Gasteiger partial charge in [-0.15, -0.1) is 0 Å². The van der Waals surface area contributed by atoms with E-state index in [4.69, 9.17) is 17.0 Å². The molecule has 2 aliphatic rings. The lowest BCUT2D eigenvalue weighted by Gasteiger charge is -2.36. The van der Waals surface area contributed by atoms with Gasteiger partial charge in [0, 0.05) is 0 Å². The number of rotatable bonds is 3. The van der Waals surface area contributed by atoms with Gasteiger partial charge in [-0.1, -0.05) is 89.8 Å². The minimum absolute atomic E-state index is 0.00457. The van der Waals surface area contributed by atoms with Crippen molar-refractivity contribution in [1.29, 1.82) is 0 Å². The average Bonchev–Trinajstić information content (AvgIpc) is 3.08. The van der Waals surface area contributed by atoms with Gasteiger partial charge in [0.25, 0.3) is 11.8 Å². The first-order chi connectivity index (χ1) is 16.2. The van der Waals surface area contributed by atoms with E-state index in [1.165, 1.54) is 22.9 Å². The number of thioether (sulfide) groups is 1. The summed E-state index contributed by atoms with van der Waals surface area (Å²) in [5.74, 6) is 0.354. The van der Waals surface area contributed by atoms with Crippen LogP contribution in [0.15, 0.2) is 41.3 Å². The lowest BCUT2D eigenvalue weighted by atomic mass is 9.79. The van der Waals surface area contributed by atoms with Crippen molar-refractivity contribution in [2.75, 3.05) is 11.5 Å². The number of thiocarbonyl (C=S) groups is 1. The van der Waals surface area contributed by atoms with Gasteiger partial charge in [0.1, 0.15) is 10.1 Å². The van der Waals surface area contributed by atoms with E-state index in [1.54, 1.807) is 6.08 Å². The Bertz CT molecular complexity index is 1220. The predicted octanol–water partition coefficient (Wildman–Crippen LogP) is 6.26. The van der Waals surface area contributed by atoms with Crippen molar-refractivity contribution in [3.05, 3.63) is 63.6 Å². The number of hydrogen-bond acceptors (Lipinski definition) is 5. The maximum Gasteiger partial charge on any atom is 0.265 e. The Labute approximate surface area is 217 Å². The van der Waals surface area contributed by atoms with Crippen LogP contribution < -0.4 is 15.0 Å². The number of carbonyl (C=O) groups is 2. The number of hydrogen-bond donors (Lipinski definition) is 1. The first kappa shape index (κ1) is 25.5. The molecule has 1 saturated heterocycles. The summed E-state index contributed by atoms with van der Waals surface area (Å²) in [7, 11) is 0. The second-order valence-electron chi connectivity index (χ2n) is 11.2. The lowest BCUT2D eigenvalue weighted by Crippen LogP contribution is -2.40. The zero-order chi connectivity index (χ0) is 25.7. The molecule has 0 spiro atoms. The number of fused-ring (bicyclic) bond motifs is 1. The molecule has 2 aliphatic heterocycles. The average molecular weight is 509 g/mol. The molecule has 184 valence electrons. The molecule has 1 N–H and O–H groups in total. The maximum absolute atomic E-state index is 13.2. The van der Waals surface area contributed by atoms with Crippen LogP contribution in [0.4, 0.5) is 5.69 Å². The van der Waals surface area contributed by atoms with Gasteiger partial charge in [0.2, 0.25) is 0 Å². The summed E-state index contributed by atoms with van der Waals surface area (Å²) in [6.07, 6.45) is 1.79. The van der Waals surface area contributed by atoms with Gasteiger partial charge in [-0.2, -0.15) is 0 Å². The van der Waals surface area contributed by atoms with E-state index in [0.717, 1.165) is 11.1 Å². The molecule has 2 heterocycles. The molecule has 2 amide bonds. The van der Waals surface area contributed by atoms with Gasteiger partial charge >= 0.3 is 0 Å². The standard InChI is InChI=1S/C28H32N2O3S2/c1-16(18-12-19(27(2,3)4)14-20(13-18)28(5,6)7)30-21-10-17(8-9-22(21)33-15-24(30)31)11-23-25(32)29-26(34)35-23/h8-14,16H,15H2,1-7H3,(H,29,32,34). The highest BCUT2D eigenvalue weighted by molar-refractivity contribution is 8.26. The van der Waals surface area contributed by atoms with E-state index >= 15 is 0 Å². The normalized spacial score (nSPS) is 18.4. The van der Waals surface area contributed by atoms with Gasteiger partial charge in [0.15, 0.2) is 6.61 Å². The van der Waals surface area contributed by atoms with Crippen LogP contribution in [0.5, 0.6) is 5.75 Å². The summed E-state index contributed by atoms with van der Waals surface area (Å²) in [4.78, 5) is 27.7. The first-order valence-corrected chi connectivity index (χ1v) is 13.0. The van der Waals surface area contributed by atoms with Gasteiger partial charge in [-0.05, 0) is 58.2 Å². The fourth-order valence-electron chi connectivity index (χ4n) is 4.18. The van der Waals surface area contributed by atoms with E-state index in [1.807, 2.05) is 23.1 Å². The second-order valence-corrected chi connectivity index (χ2v) is 12.9. The van der Waals surface area contributed by atoms with E-state index in [0.29, 0.717) is 20.7 Å². The number of nitrogens with one attached hydrogen (secondary N) is 1. The molecule has 2 aromatic carbocycles. The molecule has 1 unspecified atom stereocenters. The SMILES string of the molecule is CC(c1cc(C(C)(C)C)cc(C(C)(C)C)c1)N1C(=O)COc2ccc(C=C3SC(=S)NC3=O)cc21. The molecule has 2 aromatic rings. The molecule has 0 aromatic heterocycles. The van der Waals surface area contributed by atoms with Crippen molar-refractivity contribution in [3.63, 3.8) is 0 Å². The first-order valence-electron chi connectivity index (χ1n) is 11.7. The predicted molar refractivity (Wildman–Crippen MR) is 148 cm³/mol. The van der Waals surface area contributed by atoms with Crippen molar-refractivity contribution in [2.45, 2.75) is 65.3 Å². The van der Waals surface area contributed by atoms with Crippen LogP contribution >= 0.6 is 24.0 Å². The summed E-state index contributed by atoms with van der Waals surface area (Å²) in [6.45, 7) is 15.3. The fourth-order valence-corrected chi connectivity index (χ4v) is 5.23. The lowest BCUT2D eigenvalue weighted by molar-refractivity contribution is -0.121. The Kier molecular flexibility index (Phi) is 6.62. The molecule has 4 rings (SSSR count). The van der Waals surface area contributed by atoms with Crippen LogP contribution in [-0.4, -0.2) is 22.7 Å². The second kappa shape index (κ2) is 9.10. The number of anilines is 1. The highest BCUT2D eigenvalue weighted by Crippen LogP contribution is 2.41. The molecule has 0 bridgehead atoms. The number of amides is 2. The Hall–Kier alpha value is -2.64. The van der Waals surface area contributed by atoms with Crippen LogP contribution in [-0.2, 0) is 20.4 Å². The van der Waals surface area contributed by atoms with Crippen LogP contribution in [0.3, 0.4) is 0 Å². The molecule has 0 radical (unpaired) electrons. The van der Waals surface area contributed by atoms with E-state index < -0.39 is 0 Å². The van der Waals surface area contributed by atoms with Crippen LogP contribution in [0.2, 0.25) is 0 Å². The third kappa shape index (κ3) is 5.31. The number of nitrogens with zero attached hydrogens (tertiary/aromatic N) is 1. The Morgan fingerprint density at radius 1 is 1.03 bits per heavy atom. The van der Waals surface area contributed by atoms with Crippen LogP contribution in [0.25, 0.3) is 6.08 Å². The van der Waals surface area contributed by atoms with Gasteiger partial charge < -0.3 is 10.1 Å². The summed E-state index contributed by atoms with van der Waals surface area (Å²) in [5, 5.41) is 2.64. The molecule has 1 atom stereocenters. The highest BCUT2D eigenvalue weighted by Gasteiger charge is 2.32. The molecule has 1 fully saturated rings. The molecular weight excluding hydrogens is 476 g/mol. The van der Waals surface area contributed by atoms with E-state index in [2.05, 4.69) is 72.0 Å². The van der Waals surface area contributed by atoms with Gasteiger partial charge in [-0.25, -0.2) is 0 Å². The summed E-state index contributed by atoms with van der Waals surface area (Å²) >= 11 is 6.34. The zero-order valence-corrected chi connectivity index (χ0v) is 22.9. The summed E-state index contributed by atoms with van der Waals surface area (Å²) in [5.41, 5.74) is 5.03. The smallest absolute Gasteiger partial charge is 0.265 e. The minimum atomic E-state index is -0.205. The number of carbonyl (C=O) groups excluding carboxylic acids is 2. The highest BCUT2D eigenvalue weighted by atomic mass is 32.2. The molecular formula is C28H32N2O3S2. The van der Waals surface area contributed by atoms with Crippen molar-refractivity contribution < 1.29 is 14.3 Å². The van der Waals surface area contributed by atoms with Crippen molar-refractivity contribution >= 4 is 51.9 Å². The number of benzene rings is 2. The Morgan fingerprint density at radius 2 is 1.66 bits per heavy atom. The van der Waals surface area contributed by atoms with Crippen molar-refractivity contribution in [1.82, 2.24) is 5.32 Å². The zero-order valence-electron chi connectivity index (χ0n) is 21.3. The minimum Gasteiger partial charge on any atom is -0.482 e. The quantitative estimate of drug-likeness (QED) is 0.392. The molecule has 5 nitrogen and oxygen atoms in total. The monoisotopic (exact) mass is 508 g/mol.